The van der Waals surface area contributed by atoms with E-state index in [0.717, 1.165) is 23.2 Å². The van der Waals surface area contributed by atoms with Gasteiger partial charge in [0, 0.05) is 23.2 Å². The molecule has 0 unspecified atom stereocenters. The van der Waals surface area contributed by atoms with E-state index >= 15 is 0 Å². The Labute approximate surface area is 177 Å². The van der Waals surface area contributed by atoms with Gasteiger partial charge in [-0.15, -0.1) is 0 Å². The maximum absolute atomic E-state index is 4.45. The van der Waals surface area contributed by atoms with Gasteiger partial charge < -0.3 is 0 Å². The van der Waals surface area contributed by atoms with Crippen molar-refractivity contribution in [3.8, 4) is 0 Å². The first kappa shape index (κ1) is 27.1. The Morgan fingerprint density at radius 3 is 0.964 bits per heavy atom. The first-order valence-electron chi connectivity index (χ1n) is 11.3. The summed E-state index contributed by atoms with van der Waals surface area (Å²) < 4.78 is 0. The topological polar surface area (TPSA) is 25.8 Å². The number of hydrogen-bond acceptors (Lipinski definition) is 2. The zero-order valence-electron chi connectivity index (χ0n) is 21.6. The van der Waals surface area contributed by atoms with Crippen LogP contribution in [0.1, 0.15) is 121 Å². The smallest absolute Gasteiger partial charge is 0.0640 e. The van der Waals surface area contributed by atoms with Crippen LogP contribution in [0.25, 0.3) is 0 Å². The Balaban J connectivity index is 0.000000483. The van der Waals surface area contributed by atoms with Gasteiger partial charge >= 0.3 is 0 Å². The van der Waals surface area contributed by atoms with E-state index in [2.05, 4.69) is 93.1 Å². The summed E-state index contributed by atoms with van der Waals surface area (Å²) in [6.45, 7) is 31.1. The third-order valence-electron chi connectivity index (χ3n) is 5.78. The van der Waals surface area contributed by atoms with Crippen LogP contribution in [0.15, 0.2) is 12.4 Å². The van der Waals surface area contributed by atoms with Crippen LogP contribution in [0, 0.1) is 22.7 Å². The number of rotatable bonds is 0. The van der Waals surface area contributed by atoms with Crippen molar-refractivity contribution in [3.63, 3.8) is 0 Å². The van der Waals surface area contributed by atoms with E-state index in [9.17, 15) is 0 Å². The van der Waals surface area contributed by atoms with E-state index in [0.29, 0.717) is 10.8 Å². The minimum absolute atomic E-state index is 0.0867. The molecule has 2 heteroatoms. The Morgan fingerprint density at radius 2 is 0.821 bits per heavy atom. The van der Waals surface area contributed by atoms with Crippen molar-refractivity contribution in [1.82, 2.24) is 9.97 Å². The van der Waals surface area contributed by atoms with E-state index in [4.69, 9.17) is 0 Å². The molecule has 0 aromatic carbocycles. The zero-order valence-corrected chi connectivity index (χ0v) is 21.6. The van der Waals surface area contributed by atoms with E-state index in [1.165, 1.54) is 12.8 Å². The molecule has 0 radical (unpaired) electrons. The van der Waals surface area contributed by atoms with Crippen molar-refractivity contribution in [2.45, 2.75) is 121 Å². The lowest BCUT2D eigenvalue weighted by molar-refractivity contribution is 0.0110. The van der Waals surface area contributed by atoms with Gasteiger partial charge in [0.1, 0.15) is 0 Å². The van der Waals surface area contributed by atoms with Crippen molar-refractivity contribution in [2.24, 2.45) is 22.7 Å². The van der Waals surface area contributed by atoms with E-state index in [1.54, 1.807) is 0 Å². The molecule has 1 fully saturated rings. The third kappa shape index (κ3) is 8.62. The lowest BCUT2D eigenvalue weighted by Gasteiger charge is -2.49. The highest BCUT2D eigenvalue weighted by Crippen LogP contribution is 2.51. The van der Waals surface area contributed by atoms with Gasteiger partial charge in [-0.05, 0) is 35.5 Å². The molecule has 1 saturated carbocycles. The first-order valence-corrected chi connectivity index (χ1v) is 11.3. The fraction of sp³-hybridized carbons (Fsp3) is 0.846. The maximum atomic E-state index is 4.45. The largest absolute Gasteiger partial charge is 0.257 e. The van der Waals surface area contributed by atoms with Gasteiger partial charge in [-0.3, -0.25) is 9.97 Å². The highest BCUT2D eigenvalue weighted by molar-refractivity contribution is 5.15. The van der Waals surface area contributed by atoms with Crippen LogP contribution in [0.5, 0.6) is 0 Å². The number of aromatic nitrogens is 2. The predicted molar refractivity (Wildman–Crippen MR) is 126 cm³/mol. The molecule has 0 spiro atoms. The van der Waals surface area contributed by atoms with Gasteiger partial charge in [-0.2, -0.15) is 0 Å². The monoisotopic (exact) mass is 390 g/mol. The molecule has 1 aliphatic carbocycles. The summed E-state index contributed by atoms with van der Waals surface area (Å²) in [5.41, 5.74) is 3.35. The van der Waals surface area contributed by atoms with Crippen molar-refractivity contribution in [1.29, 1.82) is 0 Å². The molecule has 0 atom stereocenters. The van der Waals surface area contributed by atoms with Crippen LogP contribution in [-0.2, 0) is 10.8 Å². The van der Waals surface area contributed by atoms with Crippen LogP contribution >= 0.6 is 0 Å². The van der Waals surface area contributed by atoms with Gasteiger partial charge in [0.15, 0.2) is 0 Å². The quantitative estimate of drug-likeness (QED) is 0.446. The number of hydrogen-bond donors (Lipinski definition) is 0. The Morgan fingerprint density at radius 1 is 0.571 bits per heavy atom. The molecule has 0 aliphatic heterocycles. The van der Waals surface area contributed by atoms with Crippen molar-refractivity contribution >= 4 is 0 Å². The second-order valence-electron chi connectivity index (χ2n) is 12.4. The van der Waals surface area contributed by atoms with Crippen LogP contribution in [0.4, 0.5) is 0 Å². The van der Waals surface area contributed by atoms with E-state index in [1.807, 2.05) is 26.2 Å². The van der Waals surface area contributed by atoms with Gasteiger partial charge in [0.2, 0.25) is 0 Å². The van der Waals surface area contributed by atoms with Crippen LogP contribution in [0.3, 0.4) is 0 Å². The molecule has 2 nitrogen and oxygen atoms in total. The Kier molecular flexibility index (Phi) is 9.40. The summed E-state index contributed by atoms with van der Waals surface area (Å²) in [7, 11) is 0. The Hall–Kier alpha value is -0.920. The SMILES string of the molecule is CC.CC(C)(C)C1CC(C(C)(C)C)C1.CC(C)(C)c1cnc(C(C)(C)C)cn1. The van der Waals surface area contributed by atoms with Gasteiger partial charge in [0.25, 0.3) is 0 Å². The second-order valence-corrected chi connectivity index (χ2v) is 12.4. The maximum Gasteiger partial charge on any atom is 0.0640 e. The molecule has 2 rings (SSSR count). The molecule has 28 heavy (non-hydrogen) atoms. The van der Waals surface area contributed by atoms with Crippen LogP contribution in [-0.4, -0.2) is 9.97 Å². The fourth-order valence-corrected chi connectivity index (χ4v) is 3.13. The molecule has 1 aromatic rings. The van der Waals surface area contributed by atoms with Crippen molar-refractivity contribution < 1.29 is 0 Å². The molecule has 1 aliphatic rings. The molecule has 1 aromatic heterocycles. The Bertz CT molecular complexity index is 500. The first-order chi connectivity index (χ1) is 12.4. The zero-order chi connectivity index (χ0) is 22.6. The van der Waals surface area contributed by atoms with Gasteiger partial charge in [-0.1, -0.05) is 96.9 Å². The van der Waals surface area contributed by atoms with Crippen molar-refractivity contribution in [2.75, 3.05) is 0 Å². The lowest BCUT2D eigenvalue weighted by atomic mass is 9.56. The molecule has 164 valence electrons. The highest BCUT2D eigenvalue weighted by atomic mass is 14.8. The predicted octanol–water partition coefficient (Wildman–Crippen LogP) is 8.20. The fourth-order valence-electron chi connectivity index (χ4n) is 3.13. The molecule has 0 amide bonds. The summed E-state index contributed by atoms with van der Waals surface area (Å²) >= 11 is 0. The molecular formula is C26H50N2. The highest BCUT2D eigenvalue weighted by Gasteiger charge is 2.42. The van der Waals surface area contributed by atoms with E-state index in [-0.39, 0.29) is 10.8 Å². The molecule has 0 saturated heterocycles. The lowest BCUT2D eigenvalue weighted by Crippen LogP contribution is -2.40. The summed E-state index contributed by atoms with van der Waals surface area (Å²) in [5, 5.41) is 0. The summed E-state index contributed by atoms with van der Waals surface area (Å²) in [4.78, 5) is 8.91. The molecular weight excluding hydrogens is 340 g/mol. The van der Waals surface area contributed by atoms with Gasteiger partial charge in [0.05, 0.1) is 11.4 Å². The minimum Gasteiger partial charge on any atom is -0.257 e. The molecule has 1 heterocycles. The average Bonchev–Trinajstić information content (AvgIpc) is 2.43. The summed E-state index contributed by atoms with van der Waals surface area (Å²) in [6, 6.07) is 0. The van der Waals surface area contributed by atoms with E-state index < -0.39 is 0 Å². The van der Waals surface area contributed by atoms with Crippen molar-refractivity contribution in [3.05, 3.63) is 23.8 Å². The average molecular weight is 391 g/mol. The summed E-state index contributed by atoms with van der Waals surface area (Å²) in [6.07, 6.45) is 6.68. The van der Waals surface area contributed by atoms with Crippen LogP contribution in [0.2, 0.25) is 0 Å². The normalized spacial score (nSPS) is 20.2. The molecule has 0 N–H and O–H groups in total. The summed E-state index contributed by atoms with van der Waals surface area (Å²) in [5.74, 6) is 1.95. The standard InChI is InChI=1S/C12H20N2.C12H24.C2H6/c1-11(2,3)9-7-14-10(8-13-9)12(4,5)6;1-11(2,3)9-7-10(8-9)12(4,5)6;1-2/h7-8H,1-6H3;9-10H,7-8H2,1-6H3;1-2H3. The van der Waals surface area contributed by atoms with Gasteiger partial charge in [-0.25, -0.2) is 0 Å². The second kappa shape index (κ2) is 9.72. The minimum atomic E-state index is 0.0867. The molecule has 0 bridgehead atoms. The van der Waals surface area contributed by atoms with Crippen LogP contribution < -0.4 is 0 Å². The third-order valence-corrected chi connectivity index (χ3v) is 5.78. The number of nitrogens with zero attached hydrogens (tertiary/aromatic N) is 2.